The number of hydrogen-bond acceptors (Lipinski definition) is 3. The molecule has 0 unspecified atom stereocenters. The second-order valence-corrected chi connectivity index (χ2v) is 4.63. The van der Waals surface area contributed by atoms with Crippen molar-refractivity contribution in [1.82, 2.24) is 0 Å². The first-order valence-electron chi connectivity index (χ1n) is 6.22. The molecule has 0 aliphatic heterocycles. The van der Waals surface area contributed by atoms with E-state index in [1.165, 1.54) is 12.1 Å². The van der Waals surface area contributed by atoms with Gasteiger partial charge in [0.05, 0.1) is 10.5 Å². The average Bonchev–Trinajstić information content (AvgIpc) is 2.40. The molecule has 0 heterocycles. The molecule has 2 aromatic rings. The van der Waals surface area contributed by atoms with E-state index in [2.05, 4.69) is 5.32 Å². The summed E-state index contributed by atoms with van der Waals surface area (Å²) in [6, 6.07) is 9.27. The van der Waals surface area contributed by atoms with Gasteiger partial charge in [0.1, 0.15) is 5.82 Å². The Bertz CT molecular complexity index is 656. The molecule has 0 saturated carbocycles. The van der Waals surface area contributed by atoms with Crippen LogP contribution in [0.1, 0.15) is 16.7 Å². The summed E-state index contributed by atoms with van der Waals surface area (Å²) < 4.78 is 13.2. The lowest BCUT2D eigenvalue weighted by Gasteiger charge is -2.11. The summed E-state index contributed by atoms with van der Waals surface area (Å²) in [5.74, 6) is -0.478. The van der Waals surface area contributed by atoms with Crippen molar-refractivity contribution in [1.29, 1.82) is 0 Å². The number of nitrogens with one attached hydrogen (secondary N) is 1. The van der Waals surface area contributed by atoms with Crippen LogP contribution in [-0.4, -0.2) is 4.92 Å². The number of nitro benzene ring substituents is 1. The van der Waals surface area contributed by atoms with Crippen molar-refractivity contribution in [2.24, 2.45) is 0 Å². The van der Waals surface area contributed by atoms with Crippen LogP contribution in [0.25, 0.3) is 0 Å². The Morgan fingerprint density at radius 3 is 2.70 bits per heavy atom. The zero-order valence-corrected chi connectivity index (χ0v) is 11.3. The van der Waals surface area contributed by atoms with Crippen LogP contribution in [0.2, 0.25) is 0 Å². The van der Waals surface area contributed by atoms with Gasteiger partial charge in [-0.25, -0.2) is 4.39 Å². The third kappa shape index (κ3) is 2.93. The van der Waals surface area contributed by atoms with Crippen molar-refractivity contribution in [3.63, 3.8) is 0 Å². The Morgan fingerprint density at radius 1 is 1.25 bits per heavy atom. The van der Waals surface area contributed by atoms with Gasteiger partial charge >= 0.3 is 0 Å². The average molecular weight is 274 g/mol. The van der Waals surface area contributed by atoms with Gasteiger partial charge in [-0.15, -0.1) is 0 Å². The molecule has 0 bridgehead atoms. The van der Waals surface area contributed by atoms with Crippen molar-refractivity contribution in [3.8, 4) is 0 Å². The molecular formula is C15H15FN2O2. The zero-order valence-electron chi connectivity index (χ0n) is 11.3. The molecule has 1 N–H and O–H groups in total. The Kier molecular flexibility index (Phi) is 3.98. The number of hydrogen-bond donors (Lipinski definition) is 1. The summed E-state index contributed by atoms with van der Waals surface area (Å²) in [7, 11) is 0. The van der Waals surface area contributed by atoms with Crippen LogP contribution in [0.15, 0.2) is 36.4 Å². The molecule has 0 radical (unpaired) electrons. The zero-order chi connectivity index (χ0) is 14.7. The van der Waals surface area contributed by atoms with Gasteiger partial charge in [0.15, 0.2) is 0 Å². The minimum absolute atomic E-state index is 0.0794. The molecule has 0 spiro atoms. The fourth-order valence-corrected chi connectivity index (χ4v) is 2.01. The van der Waals surface area contributed by atoms with Gasteiger partial charge in [-0.2, -0.15) is 0 Å². The van der Waals surface area contributed by atoms with E-state index in [4.69, 9.17) is 0 Å². The highest BCUT2D eigenvalue weighted by Gasteiger charge is 2.14. The lowest BCUT2D eigenvalue weighted by atomic mass is 10.1. The molecule has 4 nitrogen and oxygen atoms in total. The lowest BCUT2D eigenvalue weighted by Crippen LogP contribution is -2.05. The molecule has 0 fully saturated rings. The highest BCUT2D eigenvalue weighted by molar-refractivity contribution is 5.55. The van der Waals surface area contributed by atoms with Crippen LogP contribution in [0, 0.1) is 29.8 Å². The topological polar surface area (TPSA) is 55.2 Å². The van der Waals surface area contributed by atoms with Gasteiger partial charge in [-0.05, 0) is 43.2 Å². The molecule has 104 valence electrons. The van der Waals surface area contributed by atoms with Gasteiger partial charge in [0.2, 0.25) is 0 Å². The summed E-state index contributed by atoms with van der Waals surface area (Å²) in [6.45, 7) is 4.17. The Balaban J connectivity index is 2.24. The molecule has 0 aliphatic rings. The van der Waals surface area contributed by atoms with Crippen molar-refractivity contribution in [2.75, 3.05) is 5.32 Å². The Hall–Kier alpha value is -2.43. The van der Waals surface area contributed by atoms with E-state index in [0.29, 0.717) is 5.56 Å². The maximum absolute atomic E-state index is 13.2. The van der Waals surface area contributed by atoms with E-state index in [1.807, 2.05) is 32.0 Å². The van der Waals surface area contributed by atoms with Crippen LogP contribution in [0.3, 0.4) is 0 Å². The third-order valence-corrected chi connectivity index (χ3v) is 3.31. The third-order valence-electron chi connectivity index (χ3n) is 3.31. The van der Waals surface area contributed by atoms with E-state index < -0.39 is 10.7 Å². The molecule has 0 aromatic heterocycles. The largest absolute Gasteiger partial charge is 0.380 e. The molecule has 0 amide bonds. The van der Waals surface area contributed by atoms with Gasteiger partial charge in [0.25, 0.3) is 5.69 Å². The predicted octanol–water partition coefficient (Wildman–Crippen LogP) is 3.96. The lowest BCUT2D eigenvalue weighted by molar-refractivity contribution is -0.385. The van der Waals surface area contributed by atoms with Crippen LogP contribution in [0.5, 0.6) is 0 Å². The van der Waals surface area contributed by atoms with Crippen LogP contribution < -0.4 is 5.32 Å². The monoisotopic (exact) mass is 274 g/mol. The van der Waals surface area contributed by atoms with E-state index >= 15 is 0 Å². The summed E-state index contributed by atoms with van der Waals surface area (Å²) in [5.41, 5.74) is 3.35. The molecular weight excluding hydrogens is 259 g/mol. The van der Waals surface area contributed by atoms with Crippen molar-refractivity contribution >= 4 is 11.4 Å². The number of nitrogens with zero attached hydrogens (tertiary/aromatic N) is 1. The standard InChI is InChI=1S/C15H15FN2O2/c1-10-4-3-5-14(11(10)2)17-9-12-8-13(16)6-7-15(12)18(19)20/h3-8,17H,9H2,1-2H3. The number of rotatable bonds is 4. The van der Waals surface area contributed by atoms with Crippen LogP contribution >= 0.6 is 0 Å². The highest BCUT2D eigenvalue weighted by Crippen LogP contribution is 2.23. The molecule has 20 heavy (non-hydrogen) atoms. The van der Waals surface area contributed by atoms with E-state index in [1.54, 1.807) is 0 Å². The highest BCUT2D eigenvalue weighted by atomic mass is 19.1. The first-order valence-corrected chi connectivity index (χ1v) is 6.22. The SMILES string of the molecule is Cc1cccc(NCc2cc(F)ccc2[N+](=O)[O-])c1C. The van der Waals surface area contributed by atoms with E-state index in [0.717, 1.165) is 22.9 Å². The Morgan fingerprint density at radius 2 is 2.00 bits per heavy atom. The summed E-state index contributed by atoms with van der Waals surface area (Å²) in [6.07, 6.45) is 0. The van der Waals surface area contributed by atoms with Gasteiger partial charge in [-0.3, -0.25) is 10.1 Å². The molecule has 0 atom stereocenters. The van der Waals surface area contributed by atoms with Crippen molar-refractivity contribution < 1.29 is 9.31 Å². The van der Waals surface area contributed by atoms with E-state index in [-0.39, 0.29) is 12.2 Å². The summed E-state index contributed by atoms with van der Waals surface area (Å²) in [4.78, 5) is 10.4. The number of benzene rings is 2. The van der Waals surface area contributed by atoms with Crippen molar-refractivity contribution in [3.05, 3.63) is 69.0 Å². The number of anilines is 1. The molecule has 2 aromatic carbocycles. The number of nitro groups is 1. The minimum atomic E-state index is -0.500. The normalized spacial score (nSPS) is 10.3. The Labute approximate surface area is 116 Å². The summed E-state index contributed by atoms with van der Waals surface area (Å²) in [5, 5.41) is 14.0. The summed E-state index contributed by atoms with van der Waals surface area (Å²) >= 11 is 0. The second kappa shape index (κ2) is 5.69. The fraction of sp³-hybridized carbons (Fsp3) is 0.200. The maximum atomic E-state index is 13.2. The fourth-order valence-electron chi connectivity index (χ4n) is 2.01. The van der Waals surface area contributed by atoms with Gasteiger partial charge < -0.3 is 5.32 Å². The molecule has 2 rings (SSSR count). The van der Waals surface area contributed by atoms with Gasteiger partial charge in [0, 0.05) is 18.3 Å². The van der Waals surface area contributed by atoms with E-state index in [9.17, 15) is 14.5 Å². The van der Waals surface area contributed by atoms with Crippen LogP contribution in [-0.2, 0) is 6.54 Å². The second-order valence-electron chi connectivity index (χ2n) is 4.63. The maximum Gasteiger partial charge on any atom is 0.274 e. The molecule has 5 heteroatoms. The molecule has 0 saturated heterocycles. The predicted molar refractivity (Wildman–Crippen MR) is 76.3 cm³/mol. The number of halogens is 1. The smallest absolute Gasteiger partial charge is 0.274 e. The quantitative estimate of drug-likeness (QED) is 0.678. The molecule has 0 aliphatic carbocycles. The first-order chi connectivity index (χ1) is 9.49. The van der Waals surface area contributed by atoms with Crippen molar-refractivity contribution in [2.45, 2.75) is 20.4 Å². The van der Waals surface area contributed by atoms with Crippen LogP contribution in [0.4, 0.5) is 15.8 Å². The first kappa shape index (κ1) is 14.0. The van der Waals surface area contributed by atoms with Gasteiger partial charge in [-0.1, -0.05) is 12.1 Å². The number of aryl methyl sites for hydroxylation is 1. The minimum Gasteiger partial charge on any atom is -0.380 e.